The van der Waals surface area contributed by atoms with Crippen LogP contribution in [0.4, 0.5) is 5.69 Å². The fourth-order valence-corrected chi connectivity index (χ4v) is 7.96. The van der Waals surface area contributed by atoms with E-state index < -0.39 is 28.5 Å². The molecule has 1 aliphatic rings. The number of benzene rings is 4. The van der Waals surface area contributed by atoms with Gasteiger partial charge in [0.2, 0.25) is 11.8 Å². The maximum absolute atomic E-state index is 14.8. The summed E-state index contributed by atoms with van der Waals surface area (Å²) in [6.45, 7) is 7.39. The molecule has 4 aromatic rings. The van der Waals surface area contributed by atoms with Gasteiger partial charge in [-0.05, 0) is 87.1 Å². The van der Waals surface area contributed by atoms with Crippen molar-refractivity contribution in [1.82, 2.24) is 10.2 Å². The second kappa shape index (κ2) is 15.6. The molecule has 8 heteroatoms. The summed E-state index contributed by atoms with van der Waals surface area (Å²) in [7, 11) is -4.15. The first-order chi connectivity index (χ1) is 23.0. The Kier molecular flexibility index (Phi) is 11.4. The molecular formula is C40H47N3O4S. The topological polar surface area (TPSA) is 86.8 Å². The van der Waals surface area contributed by atoms with Crippen LogP contribution >= 0.6 is 0 Å². The average Bonchev–Trinajstić information content (AvgIpc) is 3.05. The zero-order valence-electron chi connectivity index (χ0n) is 28.5. The highest BCUT2D eigenvalue weighted by Crippen LogP contribution is 2.28. The Morgan fingerprint density at radius 1 is 0.729 bits per heavy atom. The molecule has 0 spiro atoms. The summed E-state index contributed by atoms with van der Waals surface area (Å²) >= 11 is 0. The van der Waals surface area contributed by atoms with Crippen LogP contribution in [0.3, 0.4) is 0 Å². The van der Waals surface area contributed by atoms with Crippen LogP contribution in [-0.4, -0.2) is 43.8 Å². The van der Waals surface area contributed by atoms with Gasteiger partial charge in [0.15, 0.2) is 0 Å². The van der Waals surface area contributed by atoms with Crippen molar-refractivity contribution in [3.05, 3.63) is 130 Å². The molecule has 0 aliphatic heterocycles. The molecule has 1 aliphatic carbocycles. The molecule has 1 N–H and O–H groups in total. The molecule has 1 atom stereocenters. The van der Waals surface area contributed by atoms with Crippen LogP contribution in [0, 0.1) is 27.7 Å². The van der Waals surface area contributed by atoms with E-state index in [-0.39, 0.29) is 23.4 Å². The quantitative estimate of drug-likeness (QED) is 0.173. The van der Waals surface area contributed by atoms with E-state index in [2.05, 4.69) is 5.32 Å². The largest absolute Gasteiger partial charge is 0.352 e. The number of nitrogens with one attached hydrogen (secondary N) is 1. The minimum Gasteiger partial charge on any atom is -0.352 e. The smallest absolute Gasteiger partial charge is 0.264 e. The number of carbonyl (C=O) groups excluding carboxylic acids is 2. The van der Waals surface area contributed by atoms with Crippen LogP contribution in [0.25, 0.3) is 0 Å². The SMILES string of the molecule is Cc1ccc(S(=O)(=O)N(CC(=O)N(Cc2cccc(C)c2)[C@H](Cc2ccccc2)C(=O)NC2CCCCC2)c2cc(C)cc(C)c2)cc1. The summed E-state index contributed by atoms with van der Waals surface area (Å²) < 4.78 is 29.9. The van der Waals surface area contributed by atoms with Crippen molar-refractivity contribution in [3.63, 3.8) is 0 Å². The normalized spacial score (nSPS) is 14.2. The first kappa shape index (κ1) is 34.9. The zero-order chi connectivity index (χ0) is 34.3. The predicted molar refractivity (Wildman–Crippen MR) is 192 cm³/mol. The van der Waals surface area contributed by atoms with Crippen molar-refractivity contribution in [2.45, 2.75) is 89.7 Å². The number of aryl methyl sites for hydroxylation is 4. The van der Waals surface area contributed by atoms with Gasteiger partial charge in [0.05, 0.1) is 10.6 Å². The lowest BCUT2D eigenvalue weighted by atomic mass is 9.94. The van der Waals surface area contributed by atoms with Crippen molar-refractivity contribution in [2.75, 3.05) is 10.8 Å². The fourth-order valence-electron chi connectivity index (χ4n) is 6.57. The van der Waals surface area contributed by atoms with Crippen LogP contribution in [0.2, 0.25) is 0 Å². The van der Waals surface area contributed by atoms with Crippen molar-refractivity contribution in [1.29, 1.82) is 0 Å². The zero-order valence-corrected chi connectivity index (χ0v) is 29.3. The molecule has 4 aromatic carbocycles. The van der Waals surface area contributed by atoms with E-state index in [9.17, 15) is 18.0 Å². The lowest BCUT2D eigenvalue weighted by molar-refractivity contribution is -0.140. The first-order valence-electron chi connectivity index (χ1n) is 16.9. The van der Waals surface area contributed by atoms with E-state index in [1.165, 1.54) is 4.31 Å². The Labute approximate surface area is 286 Å². The number of carbonyl (C=O) groups is 2. The predicted octanol–water partition coefficient (Wildman–Crippen LogP) is 7.20. The molecule has 0 radical (unpaired) electrons. The highest BCUT2D eigenvalue weighted by molar-refractivity contribution is 7.92. The molecule has 1 saturated carbocycles. The van der Waals surface area contributed by atoms with Gasteiger partial charge in [0, 0.05) is 19.0 Å². The molecule has 0 aromatic heterocycles. The van der Waals surface area contributed by atoms with E-state index in [0.717, 1.165) is 65.5 Å². The summed E-state index contributed by atoms with van der Waals surface area (Å²) in [5, 5.41) is 3.27. The minimum atomic E-state index is -4.15. The third-order valence-corrected chi connectivity index (χ3v) is 10.8. The molecule has 0 unspecified atom stereocenters. The summed E-state index contributed by atoms with van der Waals surface area (Å²) in [5.74, 6) is -0.669. The van der Waals surface area contributed by atoms with E-state index in [1.807, 2.05) is 88.4 Å². The number of amides is 2. The third kappa shape index (κ3) is 8.92. The van der Waals surface area contributed by atoms with Gasteiger partial charge in [-0.2, -0.15) is 0 Å². The molecule has 48 heavy (non-hydrogen) atoms. The summed E-state index contributed by atoms with van der Waals surface area (Å²) in [6, 6.07) is 29.0. The van der Waals surface area contributed by atoms with Crippen molar-refractivity contribution >= 4 is 27.5 Å². The summed E-state index contributed by atoms with van der Waals surface area (Å²) in [4.78, 5) is 30.7. The van der Waals surface area contributed by atoms with Gasteiger partial charge in [0.25, 0.3) is 10.0 Å². The van der Waals surface area contributed by atoms with E-state index in [4.69, 9.17) is 0 Å². The van der Waals surface area contributed by atoms with Gasteiger partial charge in [-0.3, -0.25) is 13.9 Å². The second-order valence-corrected chi connectivity index (χ2v) is 15.1. The van der Waals surface area contributed by atoms with Crippen molar-refractivity contribution in [3.8, 4) is 0 Å². The van der Waals surface area contributed by atoms with Crippen LogP contribution < -0.4 is 9.62 Å². The number of nitrogens with zero attached hydrogens (tertiary/aromatic N) is 2. The van der Waals surface area contributed by atoms with Gasteiger partial charge < -0.3 is 10.2 Å². The highest BCUT2D eigenvalue weighted by atomic mass is 32.2. The van der Waals surface area contributed by atoms with Gasteiger partial charge in [-0.15, -0.1) is 0 Å². The number of anilines is 1. The monoisotopic (exact) mass is 665 g/mol. The van der Waals surface area contributed by atoms with E-state index in [1.54, 1.807) is 41.3 Å². The lowest BCUT2D eigenvalue weighted by Crippen LogP contribution is -2.55. The summed E-state index contributed by atoms with van der Waals surface area (Å²) in [5.41, 5.74) is 5.92. The maximum Gasteiger partial charge on any atom is 0.264 e. The number of rotatable bonds is 12. The lowest BCUT2D eigenvalue weighted by Gasteiger charge is -2.35. The molecular weight excluding hydrogens is 619 g/mol. The van der Waals surface area contributed by atoms with Crippen LogP contribution in [0.15, 0.2) is 102 Å². The Hall–Kier alpha value is -4.43. The molecule has 1 fully saturated rings. The standard InChI is InChI=1S/C40H47N3O4S/c1-29-18-20-37(21-19-29)48(46,47)43(36-24-31(3)22-32(4)25-36)28-39(44)42(27-34-15-11-12-30(2)23-34)38(26-33-13-7-5-8-14-33)40(45)41-35-16-9-6-10-17-35/h5,7-8,11-15,18-25,35,38H,6,9-10,16-17,26-28H2,1-4H3,(H,41,45)/t38-/m1/s1. The second-order valence-electron chi connectivity index (χ2n) is 13.2. The highest BCUT2D eigenvalue weighted by Gasteiger charge is 2.35. The van der Waals surface area contributed by atoms with Crippen LogP contribution in [0.5, 0.6) is 0 Å². The fraction of sp³-hybridized carbons (Fsp3) is 0.350. The summed E-state index contributed by atoms with van der Waals surface area (Å²) in [6.07, 6.45) is 5.38. The molecule has 5 rings (SSSR count). The first-order valence-corrected chi connectivity index (χ1v) is 18.3. The number of sulfonamides is 1. The molecule has 252 valence electrons. The third-order valence-electron chi connectivity index (χ3n) is 9.04. The van der Waals surface area contributed by atoms with Crippen LogP contribution in [0.1, 0.15) is 65.5 Å². The molecule has 7 nitrogen and oxygen atoms in total. The van der Waals surface area contributed by atoms with Gasteiger partial charge in [-0.25, -0.2) is 8.42 Å². The van der Waals surface area contributed by atoms with Crippen LogP contribution in [-0.2, 0) is 32.6 Å². The minimum absolute atomic E-state index is 0.0501. The Morgan fingerprint density at radius 3 is 2.02 bits per heavy atom. The molecule has 0 heterocycles. The Morgan fingerprint density at radius 2 is 1.38 bits per heavy atom. The Balaban J connectivity index is 1.58. The number of hydrogen-bond acceptors (Lipinski definition) is 4. The maximum atomic E-state index is 14.8. The molecule has 0 bridgehead atoms. The molecule has 0 saturated heterocycles. The van der Waals surface area contributed by atoms with E-state index in [0.29, 0.717) is 12.1 Å². The van der Waals surface area contributed by atoms with Gasteiger partial charge >= 0.3 is 0 Å². The molecule has 2 amide bonds. The number of hydrogen-bond donors (Lipinski definition) is 1. The van der Waals surface area contributed by atoms with Gasteiger partial charge in [-0.1, -0.05) is 103 Å². The van der Waals surface area contributed by atoms with E-state index >= 15 is 0 Å². The van der Waals surface area contributed by atoms with Crippen molar-refractivity contribution < 1.29 is 18.0 Å². The van der Waals surface area contributed by atoms with Gasteiger partial charge in [0.1, 0.15) is 12.6 Å². The van der Waals surface area contributed by atoms with Crippen molar-refractivity contribution in [2.24, 2.45) is 0 Å². The Bertz CT molecular complexity index is 1800. The average molecular weight is 666 g/mol.